The second kappa shape index (κ2) is 7.77. The van der Waals surface area contributed by atoms with Crippen LogP contribution in [0.15, 0.2) is 40.8 Å². The summed E-state index contributed by atoms with van der Waals surface area (Å²) in [5.41, 5.74) is 1.70. The molecule has 4 aliphatic rings. The molecule has 3 heterocycles. The Bertz CT molecular complexity index is 956. The number of sulfonamides is 1. The SMILES string of the molecule is COC(=O)c1ccc(S(=O)(=O)N2CCCC3=C[C@H]4C[C@H](CN5CCCC[C@H]45)[C@@H]32)cc1. The van der Waals surface area contributed by atoms with Crippen molar-refractivity contribution < 1.29 is 17.9 Å². The molecule has 0 spiro atoms. The molecule has 162 valence electrons. The van der Waals surface area contributed by atoms with Crippen LogP contribution in [0.2, 0.25) is 0 Å². The molecule has 2 bridgehead atoms. The van der Waals surface area contributed by atoms with Gasteiger partial charge in [-0.25, -0.2) is 13.2 Å². The van der Waals surface area contributed by atoms with E-state index in [1.807, 2.05) is 0 Å². The van der Waals surface area contributed by atoms with Gasteiger partial charge in [0.2, 0.25) is 10.0 Å². The lowest BCUT2D eigenvalue weighted by Crippen LogP contribution is -2.59. The number of nitrogens with zero attached hydrogens (tertiary/aromatic N) is 2. The van der Waals surface area contributed by atoms with E-state index in [1.54, 1.807) is 4.31 Å². The maximum Gasteiger partial charge on any atom is 0.337 e. The Morgan fingerprint density at radius 1 is 1.10 bits per heavy atom. The fourth-order valence-electron chi connectivity index (χ4n) is 6.21. The van der Waals surface area contributed by atoms with Gasteiger partial charge in [-0.15, -0.1) is 0 Å². The van der Waals surface area contributed by atoms with Crippen molar-refractivity contribution in [1.82, 2.24) is 9.21 Å². The topological polar surface area (TPSA) is 66.9 Å². The van der Waals surface area contributed by atoms with Gasteiger partial charge in [0.05, 0.1) is 23.6 Å². The van der Waals surface area contributed by atoms with Crippen LogP contribution in [0.4, 0.5) is 0 Å². The second-order valence-corrected chi connectivity index (χ2v) is 11.0. The van der Waals surface area contributed by atoms with E-state index in [-0.39, 0.29) is 10.9 Å². The van der Waals surface area contributed by atoms with Crippen molar-refractivity contribution in [2.24, 2.45) is 11.8 Å². The average Bonchev–Trinajstić information content (AvgIpc) is 2.78. The van der Waals surface area contributed by atoms with Crippen molar-refractivity contribution >= 4 is 16.0 Å². The van der Waals surface area contributed by atoms with Crippen LogP contribution in [0.25, 0.3) is 0 Å². The van der Waals surface area contributed by atoms with E-state index >= 15 is 0 Å². The molecule has 1 aliphatic carbocycles. The van der Waals surface area contributed by atoms with Gasteiger partial charge >= 0.3 is 5.97 Å². The van der Waals surface area contributed by atoms with E-state index in [9.17, 15) is 13.2 Å². The van der Waals surface area contributed by atoms with Gasteiger partial charge in [0.25, 0.3) is 0 Å². The van der Waals surface area contributed by atoms with E-state index < -0.39 is 16.0 Å². The van der Waals surface area contributed by atoms with Gasteiger partial charge in [-0.1, -0.05) is 18.1 Å². The molecular formula is C23H30N2O4S. The molecule has 1 aromatic rings. The standard InChI is InChI=1S/C23H30N2O4S/c1-29-23(26)16-7-9-20(10-8-16)30(27,28)25-12-4-5-17-13-18-14-19(22(17)25)15-24-11-3-2-6-21(18)24/h7-10,13,18-19,21-22H,2-6,11-12,14-15H2,1H3/t18-,19+,21+,22+/m0/s1. The fraction of sp³-hybridized carbons (Fsp3) is 0.609. The van der Waals surface area contributed by atoms with Crippen LogP contribution >= 0.6 is 0 Å². The normalized spacial score (nSPS) is 32.0. The zero-order valence-electron chi connectivity index (χ0n) is 17.5. The summed E-state index contributed by atoms with van der Waals surface area (Å²) in [6.45, 7) is 2.72. The number of esters is 1. The Morgan fingerprint density at radius 2 is 1.90 bits per heavy atom. The number of piperidine rings is 3. The molecule has 6 nitrogen and oxygen atoms in total. The first kappa shape index (κ1) is 20.2. The molecule has 5 rings (SSSR count). The molecule has 0 amide bonds. The van der Waals surface area contributed by atoms with Crippen LogP contribution in [-0.2, 0) is 14.8 Å². The maximum absolute atomic E-state index is 13.6. The van der Waals surface area contributed by atoms with Gasteiger partial charge in [-0.2, -0.15) is 4.31 Å². The molecular weight excluding hydrogens is 400 g/mol. The largest absolute Gasteiger partial charge is 0.465 e. The van der Waals surface area contributed by atoms with Crippen molar-refractivity contribution in [1.29, 1.82) is 0 Å². The zero-order valence-corrected chi connectivity index (χ0v) is 18.3. The lowest BCUT2D eigenvalue weighted by atomic mass is 9.68. The highest BCUT2D eigenvalue weighted by molar-refractivity contribution is 7.89. The number of carbonyl (C=O) groups is 1. The van der Waals surface area contributed by atoms with Crippen molar-refractivity contribution in [2.45, 2.75) is 55.5 Å². The van der Waals surface area contributed by atoms with Gasteiger partial charge in [-0.05, 0) is 74.8 Å². The quantitative estimate of drug-likeness (QED) is 0.545. The minimum absolute atomic E-state index is 0.0249. The van der Waals surface area contributed by atoms with Crippen LogP contribution in [0, 0.1) is 11.8 Å². The monoisotopic (exact) mass is 430 g/mol. The summed E-state index contributed by atoms with van der Waals surface area (Å²) >= 11 is 0. The molecule has 30 heavy (non-hydrogen) atoms. The third-order valence-electron chi connectivity index (χ3n) is 7.49. The highest BCUT2D eigenvalue weighted by Crippen LogP contribution is 2.46. The number of ether oxygens (including phenoxy) is 1. The molecule has 4 atom stereocenters. The van der Waals surface area contributed by atoms with Gasteiger partial charge in [0.1, 0.15) is 0 Å². The van der Waals surface area contributed by atoms with Crippen LogP contribution in [0.3, 0.4) is 0 Å². The van der Waals surface area contributed by atoms with Gasteiger partial charge in [0, 0.05) is 19.1 Å². The summed E-state index contributed by atoms with van der Waals surface area (Å²) < 4.78 is 33.7. The molecule has 3 saturated heterocycles. The first-order valence-electron chi connectivity index (χ1n) is 11.1. The van der Waals surface area contributed by atoms with Crippen LogP contribution in [0.5, 0.6) is 0 Å². The summed E-state index contributed by atoms with van der Waals surface area (Å²) in [5.74, 6) is 0.491. The number of carbonyl (C=O) groups excluding carboxylic acids is 1. The molecule has 1 aromatic carbocycles. The van der Waals surface area contributed by atoms with Gasteiger partial charge in [-0.3, -0.25) is 4.90 Å². The van der Waals surface area contributed by atoms with Gasteiger partial charge in [0.15, 0.2) is 0 Å². The highest BCUT2D eigenvalue weighted by atomic mass is 32.2. The van der Waals surface area contributed by atoms with E-state index in [4.69, 9.17) is 4.74 Å². The number of rotatable bonds is 3. The highest BCUT2D eigenvalue weighted by Gasteiger charge is 2.48. The summed E-state index contributed by atoms with van der Waals surface area (Å²) in [6, 6.07) is 6.77. The maximum atomic E-state index is 13.6. The minimum atomic E-state index is -3.63. The first-order valence-corrected chi connectivity index (χ1v) is 12.6. The van der Waals surface area contributed by atoms with Crippen LogP contribution in [0.1, 0.15) is 48.9 Å². The van der Waals surface area contributed by atoms with Crippen molar-refractivity contribution in [3.8, 4) is 0 Å². The number of fused-ring (bicyclic) bond motifs is 6. The smallest absolute Gasteiger partial charge is 0.337 e. The Morgan fingerprint density at radius 3 is 2.67 bits per heavy atom. The number of benzene rings is 1. The Labute approximate surface area is 178 Å². The second-order valence-electron chi connectivity index (χ2n) is 9.14. The Kier molecular flexibility index (Phi) is 5.24. The van der Waals surface area contributed by atoms with Crippen molar-refractivity contribution in [3.05, 3.63) is 41.5 Å². The molecule has 7 heteroatoms. The van der Waals surface area contributed by atoms with E-state index in [1.165, 1.54) is 56.2 Å². The molecule has 0 saturated carbocycles. The predicted molar refractivity (Wildman–Crippen MR) is 114 cm³/mol. The Balaban J connectivity index is 1.46. The average molecular weight is 431 g/mol. The molecule has 0 N–H and O–H groups in total. The molecule has 0 aromatic heterocycles. The summed E-state index contributed by atoms with van der Waals surface area (Å²) in [4.78, 5) is 14.6. The van der Waals surface area contributed by atoms with E-state index in [0.29, 0.717) is 30.0 Å². The minimum Gasteiger partial charge on any atom is -0.465 e. The lowest BCUT2D eigenvalue weighted by molar-refractivity contribution is 0.0149. The Hall–Kier alpha value is -1.70. The lowest BCUT2D eigenvalue weighted by Gasteiger charge is -2.54. The molecule has 0 radical (unpaired) electrons. The third kappa shape index (κ3) is 3.31. The zero-order chi connectivity index (χ0) is 20.9. The molecule has 3 fully saturated rings. The van der Waals surface area contributed by atoms with Crippen molar-refractivity contribution in [2.75, 3.05) is 26.7 Å². The number of hydrogen-bond acceptors (Lipinski definition) is 5. The summed E-state index contributed by atoms with van der Waals surface area (Å²) in [6.07, 6.45) is 9.27. The number of methoxy groups -OCH3 is 1. The van der Waals surface area contributed by atoms with E-state index in [2.05, 4.69) is 11.0 Å². The fourth-order valence-corrected chi connectivity index (χ4v) is 7.94. The molecule has 3 aliphatic heterocycles. The molecule has 0 unspecified atom stereocenters. The summed E-state index contributed by atoms with van der Waals surface area (Å²) in [5, 5.41) is 0. The summed E-state index contributed by atoms with van der Waals surface area (Å²) in [7, 11) is -2.30. The van der Waals surface area contributed by atoms with Crippen LogP contribution < -0.4 is 0 Å². The third-order valence-corrected chi connectivity index (χ3v) is 9.39. The first-order chi connectivity index (χ1) is 14.5. The number of hydrogen-bond donors (Lipinski definition) is 0. The predicted octanol–water partition coefficient (Wildman–Crippen LogP) is 3.06. The van der Waals surface area contributed by atoms with E-state index in [0.717, 1.165) is 32.4 Å². The van der Waals surface area contributed by atoms with Crippen molar-refractivity contribution in [3.63, 3.8) is 0 Å². The van der Waals surface area contributed by atoms with Crippen LogP contribution in [-0.4, -0.2) is 62.4 Å². The van der Waals surface area contributed by atoms with Gasteiger partial charge < -0.3 is 4.74 Å².